The molecule has 3 heteroatoms. The Morgan fingerprint density at radius 3 is 2.87 bits per heavy atom. The second kappa shape index (κ2) is 5.20. The van der Waals surface area contributed by atoms with Crippen LogP contribution in [0.15, 0.2) is 35.9 Å². The van der Waals surface area contributed by atoms with Gasteiger partial charge in [0.2, 0.25) is 0 Å². The normalized spacial score (nSPS) is 11.2. The van der Waals surface area contributed by atoms with Gasteiger partial charge in [0.1, 0.15) is 5.75 Å². The van der Waals surface area contributed by atoms with Crippen molar-refractivity contribution >= 4 is 5.97 Å². The first-order valence-electron chi connectivity index (χ1n) is 4.66. The minimum Gasteiger partial charge on any atom is -0.497 e. The minimum atomic E-state index is -0.877. The Hall–Kier alpha value is -1.77. The van der Waals surface area contributed by atoms with Crippen molar-refractivity contribution in [1.29, 1.82) is 0 Å². The summed E-state index contributed by atoms with van der Waals surface area (Å²) in [6.45, 7) is 1.59. The predicted octanol–water partition coefficient (Wildman–Crippen LogP) is 2.27. The number of benzene rings is 1. The molecule has 80 valence electrons. The number of carboxylic acids is 1. The topological polar surface area (TPSA) is 46.5 Å². The SMILES string of the molecule is COc1cccc(CC=C(C)C(=O)O)c1. The summed E-state index contributed by atoms with van der Waals surface area (Å²) in [5, 5.41) is 8.67. The monoisotopic (exact) mass is 206 g/mol. The molecular weight excluding hydrogens is 192 g/mol. The molecule has 0 aliphatic rings. The van der Waals surface area contributed by atoms with Gasteiger partial charge in [0, 0.05) is 5.57 Å². The van der Waals surface area contributed by atoms with Crippen molar-refractivity contribution in [2.45, 2.75) is 13.3 Å². The van der Waals surface area contributed by atoms with Crippen LogP contribution in [0, 0.1) is 0 Å². The summed E-state index contributed by atoms with van der Waals surface area (Å²) >= 11 is 0. The molecular formula is C12H14O3. The molecule has 0 fully saturated rings. The number of ether oxygens (including phenoxy) is 1. The predicted molar refractivity (Wildman–Crippen MR) is 58.1 cm³/mol. The van der Waals surface area contributed by atoms with Gasteiger partial charge >= 0.3 is 5.97 Å². The van der Waals surface area contributed by atoms with E-state index >= 15 is 0 Å². The van der Waals surface area contributed by atoms with Crippen molar-refractivity contribution in [3.8, 4) is 5.75 Å². The lowest BCUT2D eigenvalue weighted by atomic mass is 10.1. The third-order valence-electron chi connectivity index (χ3n) is 2.12. The second-order valence-corrected chi connectivity index (χ2v) is 3.25. The third kappa shape index (κ3) is 3.46. The average molecular weight is 206 g/mol. The van der Waals surface area contributed by atoms with Crippen LogP contribution in [0.1, 0.15) is 12.5 Å². The second-order valence-electron chi connectivity index (χ2n) is 3.25. The molecule has 0 saturated heterocycles. The van der Waals surface area contributed by atoms with Crippen LogP contribution in [0.5, 0.6) is 5.75 Å². The molecule has 0 saturated carbocycles. The summed E-state index contributed by atoms with van der Waals surface area (Å²) in [6.07, 6.45) is 2.30. The van der Waals surface area contributed by atoms with E-state index in [0.29, 0.717) is 12.0 Å². The maximum absolute atomic E-state index is 10.6. The van der Waals surface area contributed by atoms with Crippen LogP contribution in [-0.2, 0) is 11.2 Å². The Morgan fingerprint density at radius 2 is 2.27 bits per heavy atom. The Balaban J connectivity index is 2.73. The fourth-order valence-electron chi connectivity index (χ4n) is 1.16. The zero-order chi connectivity index (χ0) is 11.3. The van der Waals surface area contributed by atoms with E-state index in [1.54, 1.807) is 20.1 Å². The number of aliphatic carboxylic acids is 1. The van der Waals surface area contributed by atoms with Gasteiger partial charge in [0.25, 0.3) is 0 Å². The molecule has 0 aromatic heterocycles. The molecule has 0 spiro atoms. The highest BCUT2D eigenvalue weighted by Crippen LogP contribution is 2.13. The van der Waals surface area contributed by atoms with Crippen LogP contribution in [0.4, 0.5) is 0 Å². The maximum atomic E-state index is 10.6. The first kappa shape index (κ1) is 11.3. The van der Waals surface area contributed by atoms with Gasteiger partial charge in [-0.2, -0.15) is 0 Å². The summed E-state index contributed by atoms with van der Waals surface area (Å²) in [5.74, 6) is -0.0909. The van der Waals surface area contributed by atoms with E-state index in [1.165, 1.54) is 0 Å². The molecule has 0 bridgehead atoms. The van der Waals surface area contributed by atoms with E-state index < -0.39 is 5.97 Å². The molecule has 1 rings (SSSR count). The third-order valence-corrected chi connectivity index (χ3v) is 2.12. The van der Waals surface area contributed by atoms with Crippen molar-refractivity contribution in [2.75, 3.05) is 7.11 Å². The van der Waals surface area contributed by atoms with Gasteiger partial charge in [-0.25, -0.2) is 4.79 Å². The Morgan fingerprint density at radius 1 is 1.53 bits per heavy atom. The quantitative estimate of drug-likeness (QED) is 0.769. The highest BCUT2D eigenvalue weighted by Gasteiger charge is 1.99. The molecule has 1 aromatic carbocycles. The first-order valence-corrected chi connectivity index (χ1v) is 4.66. The number of carboxylic acid groups (broad SMARTS) is 1. The summed E-state index contributed by atoms with van der Waals surface area (Å²) < 4.78 is 5.07. The van der Waals surface area contributed by atoms with E-state index in [9.17, 15) is 4.79 Å². The van der Waals surface area contributed by atoms with Crippen molar-refractivity contribution in [3.05, 3.63) is 41.5 Å². The minimum absolute atomic E-state index is 0.359. The van der Waals surface area contributed by atoms with Gasteiger partial charge < -0.3 is 9.84 Å². The van der Waals surface area contributed by atoms with Gasteiger partial charge in [-0.1, -0.05) is 18.2 Å². The lowest BCUT2D eigenvalue weighted by Crippen LogP contribution is -1.96. The summed E-state index contributed by atoms with van der Waals surface area (Å²) in [6, 6.07) is 7.58. The smallest absolute Gasteiger partial charge is 0.330 e. The van der Waals surface area contributed by atoms with Gasteiger partial charge in [0.05, 0.1) is 7.11 Å². The molecule has 1 aromatic rings. The lowest BCUT2D eigenvalue weighted by molar-refractivity contribution is -0.132. The zero-order valence-electron chi connectivity index (χ0n) is 8.86. The van der Waals surface area contributed by atoms with E-state index in [4.69, 9.17) is 9.84 Å². The Kier molecular flexibility index (Phi) is 3.92. The fourth-order valence-corrected chi connectivity index (χ4v) is 1.16. The van der Waals surface area contributed by atoms with Gasteiger partial charge in [0.15, 0.2) is 0 Å². The Labute approximate surface area is 89.0 Å². The van der Waals surface area contributed by atoms with E-state index in [2.05, 4.69) is 0 Å². The zero-order valence-corrected chi connectivity index (χ0v) is 8.86. The van der Waals surface area contributed by atoms with Crippen LogP contribution in [0.3, 0.4) is 0 Å². The molecule has 0 aliphatic heterocycles. The standard InChI is InChI=1S/C12H14O3/c1-9(12(13)14)6-7-10-4-3-5-11(8-10)15-2/h3-6,8H,7H2,1-2H3,(H,13,14). The fraction of sp³-hybridized carbons (Fsp3) is 0.250. The van der Waals surface area contributed by atoms with Crippen molar-refractivity contribution in [2.24, 2.45) is 0 Å². The van der Waals surface area contributed by atoms with E-state index in [0.717, 1.165) is 11.3 Å². The Bertz CT molecular complexity index is 380. The molecule has 0 heterocycles. The molecule has 0 unspecified atom stereocenters. The number of carbonyl (C=O) groups is 1. The summed E-state index contributed by atoms with van der Waals surface area (Å²) in [7, 11) is 1.61. The average Bonchev–Trinajstić information content (AvgIpc) is 2.26. The lowest BCUT2D eigenvalue weighted by Gasteiger charge is -2.02. The van der Waals surface area contributed by atoms with Crippen molar-refractivity contribution in [1.82, 2.24) is 0 Å². The highest BCUT2D eigenvalue weighted by atomic mass is 16.5. The van der Waals surface area contributed by atoms with Gasteiger partial charge in [-0.05, 0) is 31.0 Å². The number of allylic oxidation sites excluding steroid dienone is 1. The van der Waals surface area contributed by atoms with Crippen LogP contribution in [0.25, 0.3) is 0 Å². The maximum Gasteiger partial charge on any atom is 0.330 e. The molecule has 0 amide bonds. The summed E-state index contributed by atoms with van der Waals surface area (Å²) in [5.41, 5.74) is 1.40. The van der Waals surface area contributed by atoms with Crippen LogP contribution < -0.4 is 4.74 Å². The molecule has 15 heavy (non-hydrogen) atoms. The highest BCUT2D eigenvalue weighted by molar-refractivity contribution is 5.85. The van der Waals surface area contributed by atoms with Crippen LogP contribution in [0.2, 0.25) is 0 Å². The summed E-state index contributed by atoms with van der Waals surface area (Å²) in [4.78, 5) is 10.6. The molecule has 0 radical (unpaired) electrons. The number of hydrogen-bond donors (Lipinski definition) is 1. The van der Waals surface area contributed by atoms with Gasteiger partial charge in [-0.15, -0.1) is 0 Å². The molecule has 0 atom stereocenters. The molecule has 0 aliphatic carbocycles. The molecule has 1 N–H and O–H groups in total. The van der Waals surface area contributed by atoms with Crippen molar-refractivity contribution < 1.29 is 14.6 Å². The molecule has 3 nitrogen and oxygen atoms in total. The number of hydrogen-bond acceptors (Lipinski definition) is 2. The largest absolute Gasteiger partial charge is 0.497 e. The van der Waals surface area contributed by atoms with Crippen LogP contribution >= 0.6 is 0 Å². The van der Waals surface area contributed by atoms with Crippen LogP contribution in [-0.4, -0.2) is 18.2 Å². The van der Waals surface area contributed by atoms with Gasteiger partial charge in [-0.3, -0.25) is 0 Å². The van der Waals surface area contributed by atoms with E-state index in [-0.39, 0.29) is 0 Å². The number of methoxy groups -OCH3 is 1. The van der Waals surface area contributed by atoms with E-state index in [1.807, 2.05) is 24.3 Å². The van der Waals surface area contributed by atoms with Crippen molar-refractivity contribution in [3.63, 3.8) is 0 Å². The number of rotatable bonds is 4. The first-order chi connectivity index (χ1) is 7.13.